The van der Waals surface area contributed by atoms with Crippen molar-refractivity contribution in [2.75, 3.05) is 21.3 Å². The summed E-state index contributed by atoms with van der Waals surface area (Å²) in [6.45, 7) is 1.27. The maximum absolute atomic E-state index is 11.7. The zero-order valence-corrected chi connectivity index (χ0v) is 13.8. The van der Waals surface area contributed by atoms with E-state index in [0.29, 0.717) is 17.1 Å². The molecule has 0 aromatic heterocycles. The number of hydrogen-bond acceptors (Lipinski definition) is 6. The Balaban J connectivity index is 3.19. The lowest BCUT2D eigenvalue weighted by atomic mass is 10.1. The average molecular weight is 361 g/mol. The molecule has 0 unspecified atom stereocenters. The van der Waals surface area contributed by atoms with Crippen molar-refractivity contribution in [3.63, 3.8) is 0 Å². The molecule has 0 aliphatic carbocycles. The monoisotopic (exact) mass is 360 g/mol. The van der Waals surface area contributed by atoms with Crippen LogP contribution in [0.3, 0.4) is 0 Å². The summed E-state index contributed by atoms with van der Waals surface area (Å²) in [6, 6.07) is 5.00. The zero-order chi connectivity index (χ0) is 16.0. The van der Waals surface area contributed by atoms with Gasteiger partial charge in [-0.05, 0) is 17.7 Å². The zero-order valence-electron chi connectivity index (χ0n) is 12.2. The van der Waals surface area contributed by atoms with Crippen LogP contribution >= 0.6 is 15.9 Å². The van der Waals surface area contributed by atoms with E-state index in [0.717, 1.165) is 0 Å². The van der Waals surface area contributed by atoms with Crippen LogP contribution in [0.5, 0.6) is 11.5 Å². The minimum absolute atomic E-state index is 0.469. The minimum Gasteiger partial charge on any atom is -0.493 e. The molecule has 0 bridgehead atoms. The predicted octanol–water partition coefficient (Wildman–Crippen LogP) is 2.24. The van der Waals surface area contributed by atoms with Crippen molar-refractivity contribution >= 4 is 27.9 Å². The second-order valence-electron chi connectivity index (χ2n) is 4.07. The molecule has 1 aromatic carbocycles. The normalized spacial score (nSPS) is 13.0. The molecular formula is C14H17BrO6. The van der Waals surface area contributed by atoms with Crippen LogP contribution in [-0.4, -0.2) is 38.1 Å². The summed E-state index contributed by atoms with van der Waals surface area (Å²) in [5.74, 6) is -0.0529. The molecule has 0 spiro atoms. The topological polar surface area (TPSA) is 71.1 Å². The second-order valence-corrected chi connectivity index (χ2v) is 5.06. The Morgan fingerprint density at radius 1 is 1.10 bits per heavy atom. The van der Waals surface area contributed by atoms with E-state index in [1.807, 2.05) is 0 Å². The van der Waals surface area contributed by atoms with Gasteiger partial charge in [0.25, 0.3) is 0 Å². The van der Waals surface area contributed by atoms with Gasteiger partial charge in [-0.15, -0.1) is 0 Å². The number of methoxy groups -OCH3 is 3. The van der Waals surface area contributed by atoms with E-state index in [9.17, 15) is 9.59 Å². The van der Waals surface area contributed by atoms with Crippen molar-refractivity contribution < 1.29 is 28.5 Å². The summed E-state index contributed by atoms with van der Waals surface area (Å²) >= 11 is 3.19. The molecule has 0 heterocycles. The van der Waals surface area contributed by atoms with Crippen LogP contribution in [0.1, 0.15) is 18.6 Å². The first kappa shape index (κ1) is 17.3. The lowest BCUT2D eigenvalue weighted by molar-refractivity contribution is -0.151. The number of ether oxygens (including phenoxy) is 4. The van der Waals surface area contributed by atoms with E-state index in [1.54, 1.807) is 18.2 Å². The fraction of sp³-hybridized carbons (Fsp3) is 0.429. The summed E-state index contributed by atoms with van der Waals surface area (Å²) < 4.78 is 20.2. The van der Waals surface area contributed by atoms with Crippen molar-refractivity contribution in [3.05, 3.63) is 23.8 Å². The molecule has 0 radical (unpaired) electrons. The molecule has 1 aromatic rings. The Morgan fingerprint density at radius 3 is 2.19 bits per heavy atom. The van der Waals surface area contributed by atoms with Gasteiger partial charge in [-0.3, -0.25) is 9.59 Å². The first-order chi connectivity index (χ1) is 9.94. The van der Waals surface area contributed by atoms with Gasteiger partial charge >= 0.3 is 11.9 Å². The SMILES string of the molecule is COC(=O)[C@H](Br)[C@H](OC(C)=O)c1ccc(OC)c(OC)c1. The van der Waals surface area contributed by atoms with Crippen molar-refractivity contribution in [2.24, 2.45) is 0 Å². The van der Waals surface area contributed by atoms with Crippen LogP contribution < -0.4 is 9.47 Å². The van der Waals surface area contributed by atoms with Gasteiger partial charge in [0.2, 0.25) is 0 Å². The maximum Gasteiger partial charge on any atom is 0.323 e. The van der Waals surface area contributed by atoms with E-state index in [4.69, 9.17) is 14.2 Å². The van der Waals surface area contributed by atoms with Crippen LogP contribution in [0.15, 0.2) is 18.2 Å². The summed E-state index contributed by atoms with van der Waals surface area (Å²) in [5.41, 5.74) is 0.579. The Labute approximate surface area is 131 Å². The van der Waals surface area contributed by atoms with E-state index in [2.05, 4.69) is 20.7 Å². The molecule has 1 rings (SSSR count). The molecule has 0 saturated carbocycles. The standard InChI is InChI=1S/C14H17BrO6/c1-8(16)21-13(12(15)14(17)20-4)9-5-6-10(18-2)11(7-9)19-3/h5-7,12-13H,1-4H3/t12-,13-/m1/s1. The van der Waals surface area contributed by atoms with Gasteiger partial charge in [-0.25, -0.2) is 0 Å². The van der Waals surface area contributed by atoms with Crippen molar-refractivity contribution in [1.82, 2.24) is 0 Å². The Morgan fingerprint density at radius 2 is 1.71 bits per heavy atom. The Bertz CT molecular complexity index is 516. The number of alkyl halides is 1. The summed E-state index contributed by atoms with van der Waals surface area (Å²) in [7, 11) is 4.27. The fourth-order valence-electron chi connectivity index (χ4n) is 1.74. The highest BCUT2D eigenvalue weighted by atomic mass is 79.9. The number of hydrogen-bond donors (Lipinski definition) is 0. The van der Waals surface area contributed by atoms with Gasteiger partial charge in [-0.2, -0.15) is 0 Å². The average Bonchev–Trinajstić information content (AvgIpc) is 2.50. The van der Waals surface area contributed by atoms with Crippen molar-refractivity contribution in [3.8, 4) is 11.5 Å². The number of halogens is 1. The van der Waals surface area contributed by atoms with Crippen LogP contribution in [0, 0.1) is 0 Å². The molecular weight excluding hydrogens is 344 g/mol. The van der Waals surface area contributed by atoms with Crippen LogP contribution in [0.2, 0.25) is 0 Å². The van der Waals surface area contributed by atoms with Gasteiger partial charge in [-0.1, -0.05) is 22.0 Å². The number of carbonyl (C=O) groups excluding carboxylic acids is 2. The maximum atomic E-state index is 11.7. The lowest BCUT2D eigenvalue weighted by Crippen LogP contribution is -2.27. The molecule has 0 N–H and O–H groups in total. The third-order valence-corrected chi connectivity index (χ3v) is 3.58. The number of benzene rings is 1. The summed E-state index contributed by atoms with van der Waals surface area (Å²) in [4.78, 5) is 22.1. The Kier molecular flexibility index (Phi) is 6.48. The molecule has 0 amide bonds. The van der Waals surface area contributed by atoms with Gasteiger partial charge < -0.3 is 18.9 Å². The fourth-order valence-corrected chi connectivity index (χ4v) is 2.34. The molecule has 0 saturated heterocycles. The lowest BCUT2D eigenvalue weighted by Gasteiger charge is -2.22. The molecule has 21 heavy (non-hydrogen) atoms. The Hall–Kier alpha value is -1.76. The second kappa shape index (κ2) is 7.87. The molecule has 6 nitrogen and oxygen atoms in total. The van der Waals surface area contributed by atoms with Gasteiger partial charge in [0.15, 0.2) is 22.4 Å². The van der Waals surface area contributed by atoms with Crippen LogP contribution in [0.4, 0.5) is 0 Å². The highest BCUT2D eigenvalue weighted by Crippen LogP contribution is 2.34. The van der Waals surface area contributed by atoms with Gasteiger partial charge in [0.05, 0.1) is 21.3 Å². The van der Waals surface area contributed by atoms with Crippen LogP contribution in [0.25, 0.3) is 0 Å². The number of esters is 2. The summed E-state index contributed by atoms with van der Waals surface area (Å²) in [5, 5.41) is 0. The van der Waals surface area contributed by atoms with E-state index in [1.165, 1.54) is 28.3 Å². The molecule has 116 valence electrons. The number of carbonyl (C=O) groups is 2. The molecule has 7 heteroatoms. The van der Waals surface area contributed by atoms with E-state index < -0.39 is 22.9 Å². The molecule has 0 aliphatic heterocycles. The number of rotatable bonds is 6. The van der Waals surface area contributed by atoms with E-state index >= 15 is 0 Å². The molecule has 2 atom stereocenters. The third-order valence-electron chi connectivity index (χ3n) is 2.72. The summed E-state index contributed by atoms with van der Waals surface area (Å²) in [6.07, 6.45) is -0.838. The van der Waals surface area contributed by atoms with Crippen LogP contribution in [-0.2, 0) is 19.1 Å². The first-order valence-electron chi connectivity index (χ1n) is 6.05. The van der Waals surface area contributed by atoms with Gasteiger partial charge in [0, 0.05) is 6.92 Å². The molecule has 0 fully saturated rings. The quantitative estimate of drug-likeness (QED) is 0.572. The highest BCUT2D eigenvalue weighted by Gasteiger charge is 2.31. The smallest absolute Gasteiger partial charge is 0.323 e. The van der Waals surface area contributed by atoms with Crippen molar-refractivity contribution in [1.29, 1.82) is 0 Å². The first-order valence-corrected chi connectivity index (χ1v) is 6.97. The van der Waals surface area contributed by atoms with Gasteiger partial charge in [0.1, 0.15) is 0 Å². The van der Waals surface area contributed by atoms with E-state index in [-0.39, 0.29) is 0 Å². The minimum atomic E-state index is -0.838. The predicted molar refractivity (Wildman–Crippen MR) is 78.8 cm³/mol. The highest BCUT2D eigenvalue weighted by molar-refractivity contribution is 9.10. The molecule has 0 aliphatic rings. The largest absolute Gasteiger partial charge is 0.493 e. The third kappa shape index (κ3) is 4.35. The van der Waals surface area contributed by atoms with Crippen molar-refractivity contribution in [2.45, 2.75) is 17.9 Å².